The van der Waals surface area contributed by atoms with Crippen LogP contribution in [0.15, 0.2) is 42.1 Å². The van der Waals surface area contributed by atoms with Crippen molar-refractivity contribution >= 4 is 11.7 Å². The quantitative estimate of drug-likeness (QED) is 0.182. The van der Waals surface area contributed by atoms with Crippen molar-refractivity contribution in [3.63, 3.8) is 0 Å². The van der Waals surface area contributed by atoms with Crippen LogP contribution >= 0.6 is 0 Å². The molecule has 0 saturated heterocycles. The largest absolute Gasteiger partial charge is 0.465 e. The van der Waals surface area contributed by atoms with Gasteiger partial charge in [-0.15, -0.1) is 6.58 Å². The number of hydrogen-bond acceptors (Lipinski definition) is 4. The third-order valence-electron chi connectivity index (χ3n) is 3.19. The Labute approximate surface area is 138 Å². The highest BCUT2D eigenvalue weighted by molar-refractivity contribution is 5.92. The fourth-order valence-electron chi connectivity index (χ4n) is 2.04. The minimum atomic E-state index is -0.374. The number of esters is 1. The lowest BCUT2D eigenvalue weighted by Gasteiger charge is -2.02. The lowest BCUT2D eigenvalue weighted by atomic mass is 10.1. The molecule has 0 aliphatic heterocycles. The molecule has 0 bridgehead atoms. The molecule has 1 aromatic rings. The Hall–Kier alpha value is -2.54. The Morgan fingerprint density at radius 3 is 2.78 bits per heavy atom. The Morgan fingerprint density at radius 1 is 1.30 bits per heavy atom. The zero-order valence-electron chi connectivity index (χ0n) is 13.8. The Morgan fingerprint density at radius 2 is 2.09 bits per heavy atom. The number of carbonyl (C=O) groups excluding carboxylic acids is 1. The molecular weight excluding hydrogens is 290 g/mol. The van der Waals surface area contributed by atoms with E-state index in [-0.39, 0.29) is 5.97 Å². The number of unbranched alkanes of at least 4 members (excludes halogenated alkanes) is 1. The van der Waals surface area contributed by atoms with E-state index in [0.29, 0.717) is 17.5 Å². The van der Waals surface area contributed by atoms with E-state index in [1.807, 2.05) is 18.2 Å². The van der Waals surface area contributed by atoms with Crippen LogP contribution in [0.2, 0.25) is 0 Å². The van der Waals surface area contributed by atoms with Gasteiger partial charge in [0.15, 0.2) is 0 Å². The lowest BCUT2D eigenvalue weighted by molar-refractivity contribution is 0.0600. The molecule has 4 nitrogen and oxygen atoms in total. The van der Waals surface area contributed by atoms with E-state index >= 15 is 0 Å². The van der Waals surface area contributed by atoms with Gasteiger partial charge in [0.1, 0.15) is 7.11 Å². The SMILES string of the molecule is C=CCCC/C(CCC#Cc1ccccc1C(=O)OC)=N/OC. The van der Waals surface area contributed by atoms with Crippen LogP contribution in [0.25, 0.3) is 0 Å². The first kappa shape index (κ1) is 18.5. The topological polar surface area (TPSA) is 47.9 Å². The molecule has 0 aliphatic rings. The van der Waals surface area contributed by atoms with Gasteiger partial charge in [0.05, 0.1) is 18.4 Å². The molecule has 1 rings (SSSR count). The van der Waals surface area contributed by atoms with Crippen LogP contribution in [-0.2, 0) is 9.57 Å². The van der Waals surface area contributed by atoms with Crippen molar-refractivity contribution < 1.29 is 14.4 Å². The summed E-state index contributed by atoms with van der Waals surface area (Å²) in [6.45, 7) is 3.71. The molecule has 122 valence electrons. The summed E-state index contributed by atoms with van der Waals surface area (Å²) in [6, 6.07) is 7.17. The summed E-state index contributed by atoms with van der Waals surface area (Å²) in [5.41, 5.74) is 2.15. The molecule has 0 saturated carbocycles. The first-order valence-electron chi connectivity index (χ1n) is 7.59. The average molecular weight is 313 g/mol. The molecule has 0 heterocycles. The smallest absolute Gasteiger partial charge is 0.339 e. The molecule has 0 fully saturated rings. The molecule has 23 heavy (non-hydrogen) atoms. The van der Waals surface area contributed by atoms with E-state index in [2.05, 4.69) is 23.6 Å². The highest BCUT2D eigenvalue weighted by Gasteiger charge is 2.08. The number of oxime groups is 1. The molecule has 0 unspecified atom stereocenters. The molecule has 0 atom stereocenters. The average Bonchev–Trinajstić information content (AvgIpc) is 2.58. The fraction of sp³-hybridized carbons (Fsp3) is 0.368. The molecule has 0 N–H and O–H groups in total. The number of carbonyl (C=O) groups is 1. The van der Waals surface area contributed by atoms with E-state index < -0.39 is 0 Å². The second-order valence-electron chi connectivity index (χ2n) is 4.86. The predicted molar refractivity (Wildman–Crippen MR) is 92.4 cm³/mol. The normalized spacial score (nSPS) is 10.4. The second-order valence-corrected chi connectivity index (χ2v) is 4.86. The van der Waals surface area contributed by atoms with E-state index in [4.69, 9.17) is 9.57 Å². The van der Waals surface area contributed by atoms with E-state index in [1.165, 1.54) is 7.11 Å². The van der Waals surface area contributed by atoms with Crippen LogP contribution < -0.4 is 0 Å². The predicted octanol–water partition coefficient (Wildman–Crippen LogP) is 3.96. The maximum absolute atomic E-state index is 11.7. The van der Waals surface area contributed by atoms with E-state index in [1.54, 1.807) is 19.2 Å². The maximum atomic E-state index is 11.7. The summed E-state index contributed by atoms with van der Waals surface area (Å²) in [5.74, 6) is 5.74. The molecule has 0 spiro atoms. The Balaban J connectivity index is 2.65. The van der Waals surface area contributed by atoms with Gasteiger partial charge < -0.3 is 9.57 Å². The summed E-state index contributed by atoms with van der Waals surface area (Å²) in [5, 5.41) is 4.04. The zero-order chi connectivity index (χ0) is 16.9. The summed E-state index contributed by atoms with van der Waals surface area (Å²) >= 11 is 0. The molecule has 1 aromatic carbocycles. The van der Waals surface area contributed by atoms with Gasteiger partial charge >= 0.3 is 5.97 Å². The third kappa shape index (κ3) is 6.84. The lowest BCUT2D eigenvalue weighted by Crippen LogP contribution is -2.03. The number of hydrogen-bond donors (Lipinski definition) is 0. The number of ether oxygens (including phenoxy) is 1. The Bertz CT molecular complexity index is 609. The summed E-state index contributed by atoms with van der Waals surface area (Å²) < 4.78 is 4.76. The van der Waals surface area contributed by atoms with E-state index in [9.17, 15) is 4.79 Å². The number of nitrogens with zero attached hydrogens (tertiary/aromatic N) is 1. The van der Waals surface area contributed by atoms with Crippen molar-refractivity contribution in [2.24, 2.45) is 5.16 Å². The number of methoxy groups -OCH3 is 1. The van der Waals surface area contributed by atoms with E-state index in [0.717, 1.165) is 31.4 Å². The fourth-order valence-corrected chi connectivity index (χ4v) is 2.04. The van der Waals surface area contributed by atoms with Gasteiger partial charge in [-0.1, -0.05) is 35.2 Å². The van der Waals surface area contributed by atoms with Gasteiger partial charge in [0, 0.05) is 12.0 Å². The minimum Gasteiger partial charge on any atom is -0.465 e. The summed E-state index contributed by atoms with van der Waals surface area (Å²) in [6.07, 6.45) is 6.14. The molecule has 0 radical (unpaired) electrons. The van der Waals surface area contributed by atoms with Crippen molar-refractivity contribution in [1.82, 2.24) is 0 Å². The molecule has 0 amide bonds. The zero-order valence-corrected chi connectivity index (χ0v) is 13.8. The van der Waals surface area contributed by atoms with Gasteiger partial charge in [-0.25, -0.2) is 4.79 Å². The van der Waals surface area contributed by atoms with Crippen LogP contribution in [-0.4, -0.2) is 25.9 Å². The van der Waals surface area contributed by atoms with Crippen molar-refractivity contribution in [3.05, 3.63) is 48.0 Å². The van der Waals surface area contributed by atoms with Crippen molar-refractivity contribution in [1.29, 1.82) is 0 Å². The molecule has 0 aromatic heterocycles. The van der Waals surface area contributed by atoms with Crippen LogP contribution in [0.4, 0.5) is 0 Å². The monoisotopic (exact) mass is 313 g/mol. The van der Waals surface area contributed by atoms with Gasteiger partial charge in [-0.3, -0.25) is 0 Å². The highest BCUT2D eigenvalue weighted by Crippen LogP contribution is 2.09. The van der Waals surface area contributed by atoms with Crippen molar-refractivity contribution in [2.45, 2.75) is 32.1 Å². The number of allylic oxidation sites excluding steroid dienone is 1. The minimum absolute atomic E-state index is 0.374. The molecular formula is C19H23NO3. The van der Waals surface area contributed by atoms with Crippen molar-refractivity contribution in [3.8, 4) is 11.8 Å². The molecule has 4 heteroatoms. The van der Waals surface area contributed by atoms with Gasteiger partial charge in [0.2, 0.25) is 0 Å². The van der Waals surface area contributed by atoms with Crippen LogP contribution in [0.5, 0.6) is 0 Å². The number of benzene rings is 1. The standard InChI is InChI=1S/C19H23NO3/c1-4-5-6-13-17(20-23-3)14-9-7-11-16-12-8-10-15-18(16)19(21)22-2/h4,8,10,12,15H,1,5-6,9,13-14H2,2-3H3/b20-17-. The van der Waals surface area contributed by atoms with Crippen LogP contribution in [0.1, 0.15) is 48.0 Å². The first-order valence-corrected chi connectivity index (χ1v) is 7.59. The molecule has 0 aliphatic carbocycles. The van der Waals surface area contributed by atoms with Crippen LogP contribution in [0.3, 0.4) is 0 Å². The first-order chi connectivity index (χ1) is 11.2. The summed E-state index contributed by atoms with van der Waals surface area (Å²) in [7, 11) is 2.91. The Kier molecular flexibility index (Phi) is 8.92. The van der Waals surface area contributed by atoms with Gasteiger partial charge in [-0.2, -0.15) is 0 Å². The highest BCUT2D eigenvalue weighted by atomic mass is 16.6. The second kappa shape index (κ2) is 11.1. The maximum Gasteiger partial charge on any atom is 0.339 e. The summed E-state index contributed by atoms with van der Waals surface area (Å²) in [4.78, 5) is 16.5. The van der Waals surface area contributed by atoms with Gasteiger partial charge in [-0.05, 0) is 37.8 Å². The van der Waals surface area contributed by atoms with Crippen molar-refractivity contribution in [2.75, 3.05) is 14.2 Å². The number of rotatable bonds is 8. The van der Waals surface area contributed by atoms with Gasteiger partial charge in [0.25, 0.3) is 0 Å². The van der Waals surface area contributed by atoms with Crippen LogP contribution in [0, 0.1) is 11.8 Å². The third-order valence-corrected chi connectivity index (χ3v) is 3.19.